The first-order valence-corrected chi connectivity index (χ1v) is 9.50. The van der Waals surface area contributed by atoms with Crippen LogP contribution in [-0.2, 0) is 19.5 Å². The number of hydrogen-bond acceptors (Lipinski definition) is 3. The minimum absolute atomic E-state index is 0.0576. The van der Waals surface area contributed by atoms with Crippen molar-refractivity contribution >= 4 is 0 Å². The summed E-state index contributed by atoms with van der Waals surface area (Å²) < 4.78 is 0. The molecule has 27 heavy (non-hydrogen) atoms. The maximum absolute atomic E-state index is 10.7. The first-order chi connectivity index (χ1) is 13.3. The molecule has 3 rings (SSSR count). The second kappa shape index (κ2) is 10.0. The first-order valence-electron chi connectivity index (χ1n) is 9.50. The normalized spacial score (nSPS) is 13.4. The summed E-state index contributed by atoms with van der Waals surface area (Å²) in [5, 5.41) is 10.7. The smallest absolute Gasteiger partial charge is 0.0820 e. The third kappa shape index (κ3) is 5.76. The van der Waals surface area contributed by atoms with Crippen LogP contribution in [0.1, 0.15) is 16.7 Å². The van der Waals surface area contributed by atoms with E-state index in [9.17, 15) is 5.11 Å². The molecule has 3 nitrogen and oxygen atoms in total. The van der Waals surface area contributed by atoms with Gasteiger partial charge in [-0.25, -0.2) is 0 Å². The van der Waals surface area contributed by atoms with Crippen molar-refractivity contribution in [1.29, 1.82) is 0 Å². The molecule has 0 unspecified atom stereocenters. The van der Waals surface area contributed by atoms with E-state index in [1.165, 1.54) is 16.7 Å². The molecular formula is C24H28N2O. The van der Waals surface area contributed by atoms with Crippen LogP contribution in [0, 0.1) is 0 Å². The molecule has 140 valence electrons. The van der Waals surface area contributed by atoms with Gasteiger partial charge < -0.3 is 10.8 Å². The predicted octanol–water partition coefficient (Wildman–Crippen LogP) is 3.62. The highest BCUT2D eigenvalue weighted by Gasteiger charge is 2.26. The van der Waals surface area contributed by atoms with Crippen LogP contribution >= 0.6 is 0 Å². The molecule has 0 bridgehead atoms. The average Bonchev–Trinajstić information content (AvgIpc) is 2.73. The minimum Gasteiger partial charge on any atom is -0.390 e. The van der Waals surface area contributed by atoms with Crippen LogP contribution in [0.5, 0.6) is 0 Å². The molecule has 3 aromatic carbocycles. The van der Waals surface area contributed by atoms with E-state index in [-0.39, 0.29) is 12.6 Å². The van der Waals surface area contributed by atoms with Gasteiger partial charge >= 0.3 is 0 Å². The Bertz CT molecular complexity index is 736. The molecule has 0 saturated carbocycles. The van der Waals surface area contributed by atoms with Crippen LogP contribution < -0.4 is 5.73 Å². The topological polar surface area (TPSA) is 49.5 Å². The average molecular weight is 361 g/mol. The quantitative estimate of drug-likeness (QED) is 0.613. The van der Waals surface area contributed by atoms with Crippen LogP contribution in [-0.4, -0.2) is 28.7 Å². The van der Waals surface area contributed by atoms with E-state index >= 15 is 0 Å². The zero-order chi connectivity index (χ0) is 18.9. The van der Waals surface area contributed by atoms with Gasteiger partial charge in [0.1, 0.15) is 0 Å². The fraction of sp³-hybridized carbons (Fsp3) is 0.250. The van der Waals surface area contributed by atoms with E-state index in [4.69, 9.17) is 5.73 Å². The molecular weight excluding hydrogens is 332 g/mol. The number of hydrogen-bond donors (Lipinski definition) is 2. The Morgan fingerprint density at radius 2 is 1.07 bits per heavy atom. The van der Waals surface area contributed by atoms with Gasteiger partial charge in [-0.3, -0.25) is 4.90 Å². The number of nitrogens with zero attached hydrogens (tertiary/aromatic N) is 1. The van der Waals surface area contributed by atoms with Crippen LogP contribution in [0.2, 0.25) is 0 Å². The number of rotatable bonds is 9. The molecule has 0 spiro atoms. The molecule has 0 fully saturated rings. The van der Waals surface area contributed by atoms with Gasteiger partial charge in [0.25, 0.3) is 0 Å². The van der Waals surface area contributed by atoms with Gasteiger partial charge in [0.05, 0.1) is 6.10 Å². The van der Waals surface area contributed by atoms with E-state index < -0.39 is 6.10 Å². The van der Waals surface area contributed by atoms with Gasteiger partial charge in [0.15, 0.2) is 0 Å². The molecule has 3 aromatic rings. The Kier molecular flexibility index (Phi) is 7.17. The van der Waals surface area contributed by atoms with Crippen molar-refractivity contribution in [1.82, 2.24) is 4.90 Å². The van der Waals surface area contributed by atoms with Gasteiger partial charge in [-0.05, 0) is 23.1 Å². The lowest BCUT2D eigenvalue weighted by Gasteiger charge is -2.35. The molecule has 3 N–H and O–H groups in total. The molecule has 0 saturated heterocycles. The van der Waals surface area contributed by atoms with Crippen molar-refractivity contribution in [3.8, 4) is 0 Å². The molecule has 0 aromatic heterocycles. The van der Waals surface area contributed by atoms with Crippen LogP contribution in [0.4, 0.5) is 0 Å². The summed E-state index contributed by atoms with van der Waals surface area (Å²) in [5.41, 5.74) is 9.55. The van der Waals surface area contributed by atoms with Crippen molar-refractivity contribution < 1.29 is 5.11 Å². The van der Waals surface area contributed by atoms with Crippen molar-refractivity contribution in [2.75, 3.05) is 6.54 Å². The molecule has 0 aliphatic rings. The number of benzene rings is 3. The fourth-order valence-corrected chi connectivity index (χ4v) is 3.45. The summed E-state index contributed by atoms with van der Waals surface area (Å²) in [6.45, 7) is 1.78. The third-order valence-electron chi connectivity index (χ3n) is 4.90. The van der Waals surface area contributed by atoms with E-state index in [2.05, 4.69) is 65.6 Å². The summed E-state index contributed by atoms with van der Waals surface area (Å²) in [7, 11) is 0. The summed E-state index contributed by atoms with van der Waals surface area (Å²) in [6.07, 6.45) is 0.177. The minimum atomic E-state index is -0.586. The van der Waals surface area contributed by atoms with Gasteiger partial charge in [-0.1, -0.05) is 91.0 Å². The Labute approximate surface area is 162 Å². The van der Waals surface area contributed by atoms with Gasteiger partial charge in [0.2, 0.25) is 0 Å². The lowest BCUT2D eigenvalue weighted by atomic mass is 9.98. The number of nitrogens with two attached hydrogens (primary N) is 1. The van der Waals surface area contributed by atoms with Crippen molar-refractivity contribution in [2.24, 2.45) is 5.73 Å². The summed E-state index contributed by atoms with van der Waals surface area (Å²) in [6, 6.07) is 31.1. The molecule has 0 aliphatic heterocycles. The van der Waals surface area contributed by atoms with Gasteiger partial charge in [0, 0.05) is 25.7 Å². The van der Waals surface area contributed by atoms with Gasteiger partial charge in [-0.15, -0.1) is 0 Å². The van der Waals surface area contributed by atoms with E-state index in [1.54, 1.807) is 0 Å². The Hall–Kier alpha value is -2.46. The largest absolute Gasteiger partial charge is 0.390 e. The predicted molar refractivity (Wildman–Crippen MR) is 111 cm³/mol. The van der Waals surface area contributed by atoms with Crippen molar-refractivity contribution in [2.45, 2.75) is 31.7 Å². The van der Waals surface area contributed by atoms with Gasteiger partial charge in [-0.2, -0.15) is 0 Å². The Morgan fingerprint density at radius 1 is 0.667 bits per heavy atom. The summed E-state index contributed by atoms with van der Waals surface area (Å²) in [5.74, 6) is 0. The standard InChI is InChI=1S/C24H28N2O/c25-17-24(27)23(16-20-10-4-1-5-11-20)26(18-21-12-6-2-7-13-21)19-22-14-8-3-9-15-22/h1-15,23-24,27H,16-19,25H2/t23-,24+/m0/s1. The maximum Gasteiger partial charge on any atom is 0.0820 e. The maximum atomic E-state index is 10.7. The monoisotopic (exact) mass is 360 g/mol. The molecule has 0 amide bonds. The summed E-state index contributed by atoms with van der Waals surface area (Å²) >= 11 is 0. The highest BCUT2D eigenvalue weighted by atomic mass is 16.3. The molecule has 0 radical (unpaired) electrons. The second-order valence-electron chi connectivity index (χ2n) is 6.94. The molecule has 3 heteroatoms. The third-order valence-corrected chi connectivity index (χ3v) is 4.90. The zero-order valence-corrected chi connectivity index (χ0v) is 15.6. The van der Waals surface area contributed by atoms with E-state index in [0.29, 0.717) is 0 Å². The van der Waals surface area contributed by atoms with Crippen molar-refractivity contribution in [3.63, 3.8) is 0 Å². The Morgan fingerprint density at radius 3 is 1.48 bits per heavy atom. The second-order valence-corrected chi connectivity index (χ2v) is 6.94. The van der Waals surface area contributed by atoms with Crippen LogP contribution in [0.3, 0.4) is 0 Å². The SMILES string of the molecule is NC[C@@H](O)[C@H](Cc1ccccc1)N(Cc1ccccc1)Cc1ccccc1. The molecule has 0 aliphatic carbocycles. The Balaban J connectivity index is 1.88. The number of aliphatic hydroxyl groups is 1. The lowest BCUT2D eigenvalue weighted by molar-refractivity contribution is 0.0445. The molecule has 2 atom stereocenters. The fourth-order valence-electron chi connectivity index (χ4n) is 3.45. The first kappa shape index (κ1) is 19.3. The van der Waals surface area contributed by atoms with Crippen LogP contribution in [0.25, 0.3) is 0 Å². The highest BCUT2D eigenvalue weighted by Crippen LogP contribution is 2.19. The van der Waals surface area contributed by atoms with E-state index in [1.807, 2.05) is 30.3 Å². The highest BCUT2D eigenvalue weighted by molar-refractivity contribution is 5.20. The summed E-state index contributed by atoms with van der Waals surface area (Å²) in [4.78, 5) is 2.34. The van der Waals surface area contributed by atoms with E-state index in [0.717, 1.165) is 19.5 Å². The molecule has 0 heterocycles. The zero-order valence-electron chi connectivity index (χ0n) is 15.6. The lowest BCUT2D eigenvalue weighted by Crippen LogP contribution is -2.47. The van der Waals surface area contributed by atoms with Crippen LogP contribution in [0.15, 0.2) is 91.0 Å². The van der Waals surface area contributed by atoms with Crippen molar-refractivity contribution in [3.05, 3.63) is 108 Å². The number of aliphatic hydroxyl groups excluding tert-OH is 1.